The van der Waals surface area contributed by atoms with Gasteiger partial charge in [-0.25, -0.2) is 14.4 Å². The summed E-state index contributed by atoms with van der Waals surface area (Å²) in [5, 5.41) is 0. The summed E-state index contributed by atoms with van der Waals surface area (Å²) < 4.78 is 17.0. The van der Waals surface area contributed by atoms with Crippen LogP contribution in [0.4, 0.5) is 0 Å². The summed E-state index contributed by atoms with van der Waals surface area (Å²) in [6, 6.07) is 0. The van der Waals surface area contributed by atoms with E-state index >= 15 is 0 Å². The predicted molar refractivity (Wildman–Crippen MR) is 107 cm³/mol. The maximum Gasteiger partial charge on any atom is 0.351 e. The van der Waals surface area contributed by atoms with Crippen LogP contribution < -0.4 is 0 Å². The Hall–Kier alpha value is -2.96. The number of rotatable bonds is 4. The fraction of sp³-hybridized carbons (Fsp3) is 0.478. The molecule has 0 spiro atoms. The van der Waals surface area contributed by atoms with Crippen LogP contribution >= 0.6 is 0 Å². The van der Waals surface area contributed by atoms with Gasteiger partial charge in [0.05, 0.1) is 5.92 Å². The highest BCUT2D eigenvalue weighted by Crippen LogP contribution is 2.51. The predicted octanol–water partition coefficient (Wildman–Crippen LogP) is 2.76. The molecule has 0 aromatic carbocycles. The molecule has 1 saturated heterocycles. The quantitative estimate of drug-likeness (QED) is 0.396. The van der Waals surface area contributed by atoms with Gasteiger partial charge in [0, 0.05) is 29.1 Å². The van der Waals surface area contributed by atoms with E-state index in [0.29, 0.717) is 5.57 Å². The Morgan fingerprint density at radius 2 is 1.73 bits per heavy atom. The number of fused-ring (bicyclic) bond motifs is 3. The number of esters is 3. The monoisotopic (exact) mass is 414 g/mol. The summed E-state index contributed by atoms with van der Waals surface area (Å²) in [6.07, 6.45) is 0.0608. The van der Waals surface area contributed by atoms with Gasteiger partial charge in [-0.1, -0.05) is 24.3 Å². The van der Waals surface area contributed by atoms with Crippen LogP contribution in [0.1, 0.15) is 41.0 Å². The van der Waals surface area contributed by atoms with Crippen LogP contribution in [-0.4, -0.2) is 41.5 Å². The van der Waals surface area contributed by atoms with Crippen LogP contribution in [0, 0.1) is 11.8 Å². The number of hydrogen-bond donors (Lipinski definition) is 0. The molecule has 0 saturated carbocycles. The van der Waals surface area contributed by atoms with Gasteiger partial charge in [-0.2, -0.15) is 0 Å². The highest BCUT2D eigenvalue weighted by molar-refractivity contribution is 6.09. The second kappa shape index (κ2) is 7.38. The Morgan fingerprint density at radius 3 is 2.30 bits per heavy atom. The maximum absolute atomic E-state index is 12.9. The Bertz CT molecular complexity index is 951. The third-order valence-electron chi connectivity index (χ3n) is 6.02. The van der Waals surface area contributed by atoms with E-state index in [1.165, 1.54) is 26.8 Å². The summed E-state index contributed by atoms with van der Waals surface area (Å²) >= 11 is 0. The first-order valence-corrected chi connectivity index (χ1v) is 9.77. The van der Waals surface area contributed by atoms with Crippen molar-refractivity contribution >= 4 is 23.7 Å². The van der Waals surface area contributed by atoms with Gasteiger partial charge in [-0.15, -0.1) is 0 Å². The Balaban J connectivity index is 2.13. The zero-order valence-electron chi connectivity index (χ0n) is 17.9. The van der Waals surface area contributed by atoms with Crippen molar-refractivity contribution in [2.45, 2.75) is 58.8 Å². The van der Waals surface area contributed by atoms with Gasteiger partial charge in [0.25, 0.3) is 0 Å². The topological polar surface area (TPSA) is 96.0 Å². The second-order valence-electron chi connectivity index (χ2n) is 8.53. The molecule has 160 valence electrons. The van der Waals surface area contributed by atoms with Crippen molar-refractivity contribution in [3.8, 4) is 0 Å². The fourth-order valence-electron chi connectivity index (χ4n) is 4.54. The number of hydrogen-bond acceptors (Lipinski definition) is 7. The minimum atomic E-state index is -1.71. The largest absolute Gasteiger partial charge is 0.458 e. The summed E-state index contributed by atoms with van der Waals surface area (Å²) in [7, 11) is 0. The van der Waals surface area contributed by atoms with Crippen LogP contribution in [0.3, 0.4) is 0 Å². The summed E-state index contributed by atoms with van der Waals surface area (Å²) in [5.74, 6) is -3.56. The molecule has 7 nitrogen and oxygen atoms in total. The van der Waals surface area contributed by atoms with Crippen molar-refractivity contribution in [2.24, 2.45) is 11.8 Å². The van der Waals surface area contributed by atoms with Gasteiger partial charge in [0.15, 0.2) is 5.78 Å². The molecule has 3 rings (SSSR count). The van der Waals surface area contributed by atoms with Crippen LogP contribution in [-0.2, 0) is 33.4 Å². The van der Waals surface area contributed by atoms with Crippen LogP contribution in [0.2, 0.25) is 0 Å². The minimum absolute atomic E-state index is 0.124. The lowest BCUT2D eigenvalue weighted by atomic mass is 9.77. The number of carbonyl (C=O) groups excluding carboxylic acids is 4. The lowest BCUT2D eigenvalue weighted by molar-refractivity contribution is -0.175. The van der Waals surface area contributed by atoms with E-state index in [9.17, 15) is 19.2 Å². The molecule has 7 heteroatoms. The van der Waals surface area contributed by atoms with Crippen molar-refractivity contribution in [3.63, 3.8) is 0 Å². The molecule has 0 aromatic rings. The second-order valence-corrected chi connectivity index (χ2v) is 8.53. The first-order chi connectivity index (χ1) is 13.9. The van der Waals surface area contributed by atoms with Crippen molar-refractivity contribution < 1.29 is 33.4 Å². The van der Waals surface area contributed by atoms with Gasteiger partial charge < -0.3 is 14.2 Å². The zero-order valence-corrected chi connectivity index (χ0v) is 17.9. The standard InChI is InChI=1S/C23H26O7/c1-10(2)20(25)28-15-9-13(6)16-14(24)8-12(5)17(16)19-18(15)23(7,22(27)29-19)30-21(26)11(3)4/h8,15,17-19H,1,3,9H2,2,4-7H3/t15-,17+,18+,19-,23+/m0/s1. The van der Waals surface area contributed by atoms with Gasteiger partial charge >= 0.3 is 17.9 Å². The average Bonchev–Trinajstić information content (AvgIpc) is 3.01. The first-order valence-electron chi connectivity index (χ1n) is 9.77. The lowest BCUT2D eigenvalue weighted by Crippen LogP contribution is -2.50. The van der Waals surface area contributed by atoms with Crippen molar-refractivity contribution in [1.82, 2.24) is 0 Å². The number of allylic oxidation sites excluding steroid dienone is 1. The molecular formula is C23H26O7. The van der Waals surface area contributed by atoms with E-state index in [-0.39, 0.29) is 23.4 Å². The molecule has 5 atom stereocenters. The molecule has 0 amide bonds. The molecule has 1 aliphatic heterocycles. The average molecular weight is 414 g/mol. The SMILES string of the molecule is C=C(C)C(=O)O[C@H]1CC(C)=C2C(=O)C=C(C)[C@H]2[C@@H]2OC(=O)[C@](C)(OC(=O)C(=C)C)[C@@H]21. The van der Waals surface area contributed by atoms with Gasteiger partial charge in [-0.3, -0.25) is 4.79 Å². The van der Waals surface area contributed by atoms with Crippen molar-refractivity contribution in [1.29, 1.82) is 0 Å². The molecule has 30 heavy (non-hydrogen) atoms. The third kappa shape index (κ3) is 3.32. The summed E-state index contributed by atoms with van der Waals surface area (Å²) in [5.41, 5.74) is 0.649. The highest BCUT2D eigenvalue weighted by atomic mass is 16.6. The molecule has 0 unspecified atom stereocenters. The van der Waals surface area contributed by atoms with Crippen LogP contribution in [0.15, 0.2) is 47.1 Å². The van der Waals surface area contributed by atoms with E-state index < -0.39 is 47.6 Å². The molecule has 0 radical (unpaired) electrons. The van der Waals surface area contributed by atoms with Crippen LogP contribution in [0.5, 0.6) is 0 Å². The molecule has 1 heterocycles. The Kier molecular flexibility index (Phi) is 5.35. The molecule has 3 aliphatic rings. The summed E-state index contributed by atoms with van der Waals surface area (Å²) in [4.78, 5) is 50.3. The number of carbonyl (C=O) groups is 4. The van der Waals surface area contributed by atoms with E-state index in [4.69, 9.17) is 14.2 Å². The summed E-state index contributed by atoms with van der Waals surface area (Å²) in [6.45, 7) is 15.2. The normalized spacial score (nSPS) is 32.5. The first kappa shape index (κ1) is 21.7. The fourth-order valence-corrected chi connectivity index (χ4v) is 4.54. The van der Waals surface area contributed by atoms with Crippen molar-refractivity contribution in [2.75, 3.05) is 0 Å². The van der Waals surface area contributed by atoms with E-state index in [1.54, 1.807) is 13.8 Å². The smallest absolute Gasteiger partial charge is 0.351 e. The number of ketones is 1. The molecule has 0 bridgehead atoms. The van der Waals surface area contributed by atoms with E-state index in [0.717, 1.165) is 11.1 Å². The molecule has 2 aliphatic carbocycles. The molecule has 0 aromatic heterocycles. The van der Waals surface area contributed by atoms with Gasteiger partial charge in [0.1, 0.15) is 12.2 Å². The van der Waals surface area contributed by atoms with Crippen molar-refractivity contribution in [3.05, 3.63) is 47.1 Å². The van der Waals surface area contributed by atoms with Gasteiger partial charge in [0.2, 0.25) is 5.60 Å². The Labute approximate surface area is 175 Å². The molecule has 0 N–H and O–H groups in total. The Morgan fingerprint density at radius 1 is 1.13 bits per heavy atom. The molecular weight excluding hydrogens is 388 g/mol. The third-order valence-corrected chi connectivity index (χ3v) is 6.02. The maximum atomic E-state index is 12.9. The van der Waals surface area contributed by atoms with Gasteiger partial charge in [-0.05, 0) is 40.7 Å². The van der Waals surface area contributed by atoms with E-state index in [2.05, 4.69) is 13.2 Å². The lowest BCUT2D eigenvalue weighted by Gasteiger charge is -2.34. The highest BCUT2D eigenvalue weighted by Gasteiger charge is 2.65. The zero-order chi connectivity index (χ0) is 22.5. The number of ether oxygens (including phenoxy) is 3. The molecule has 1 fully saturated rings. The minimum Gasteiger partial charge on any atom is -0.458 e. The van der Waals surface area contributed by atoms with Crippen LogP contribution in [0.25, 0.3) is 0 Å². The van der Waals surface area contributed by atoms with E-state index in [1.807, 2.05) is 0 Å².